The highest BCUT2D eigenvalue weighted by Crippen LogP contribution is 2.27. The molecule has 1 unspecified atom stereocenters. The van der Waals surface area contributed by atoms with Gasteiger partial charge in [0.15, 0.2) is 0 Å². The Hall–Kier alpha value is -1.56. The van der Waals surface area contributed by atoms with E-state index in [4.69, 9.17) is 10.5 Å². The molecule has 0 aliphatic heterocycles. The van der Waals surface area contributed by atoms with Crippen LogP contribution >= 0.6 is 0 Å². The number of alkyl carbamates (subject to hydrolysis) is 1. The predicted octanol–water partition coefficient (Wildman–Crippen LogP) is 2.23. The van der Waals surface area contributed by atoms with Crippen LogP contribution in [0, 0.1) is 0 Å². The number of amides is 1. The molecule has 6 heteroatoms. The van der Waals surface area contributed by atoms with E-state index in [1.54, 1.807) is 6.20 Å². The van der Waals surface area contributed by atoms with Gasteiger partial charge in [0.25, 0.3) is 0 Å². The van der Waals surface area contributed by atoms with E-state index in [0.717, 1.165) is 11.3 Å². The molecule has 1 rings (SSSR count). The first kappa shape index (κ1) is 16.5. The van der Waals surface area contributed by atoms with Crippen LogP contribution in [0.25, 0.3) is 0 Å². The Kier molecular flexibility index (Phi) is 4.81. The van der Waals surface area contributed by atoms with Crippen molar-refractivity contribution in [1.29, 1.82) is 0 Å². The second kappa shape index (κ2) is 5.83. The molecule has 0 aliphatic carbocycles. The van der Waals surface area contributed by atoms with Crippen LogP contribution in [-0.4, -0.2) is 28.4 Å². The van der Waals surface area contributed by atoms with E-state index in [9.17, 15) is 4.79 Å². The van der Waals surface area contributed by atoms with Gasteiger partial charge in [0.2, 0.25) is 0 Å². The SMILES string of the molecule is CC(C)(C)OC(=O)NC(CN)c1cn[nH]c1C(C)(C)C. The number of carbonyl (C=O) groups is 1. The Morgan fingerprint density at radius 1 is 1.40 bits per heavy atom. The second-order valence-corrected chi connectivity index (χ2v) is 6.88. The highest BCUT2D eigenvalue weighted by atomic mass is 16.6. The summed E-state index contributed by atoms with van der Waals surface area (Å²) < 4.78 is 5.26. The number of nitrogens with one attached hydrogen (secondary N) is 2. The summed E-state index contributed by atoms with van der Waals surface area (Å²) in [6.07, 6.45) is 1.23. The lowest BCUT2D eigenvalue weighted by molar-refractivity contribution is 0.0505. The molecule has 0 bridgehead atoms. The number of nitrogens with zero attached hydrogens (tertiary/aromatic N) is 1. The molecule has 20 heavy (non-hydrogen) atoms. The number of carbonyl (C=O) groups excluding carboxylic acids is 1. The molecule has 0 saturated carbocycles. The Bertz CT molecular complexity index is 454. The number of nitrogens with two attached hydrogens (primary N) is 1. The fraction of sp³-hybridized carbons (Fsp3) is 0.714. The van der Waals surface area contributed by atoms with E-state index in [-0.39, 0.29) is 18.0 Å². The van der Waals surface area contributed by atoms with Crippen LogP contribution in [0.4, 0.5) is 4.79 Å². The molecule has 1 aromatic heterocycles. The highest BCUT2D eigenvalue weighted by Gasteiger charge is 2.26. The molecule has 0 spiro atoms. The number of rotatable bonds is 3. The molecule has 114 valence electrons. The van der Waals surface area contributed by atoms with E-state index in [0.29, 0.717) is 0 Å². The summed E-state index contributed by atoms with van der Waals surface area (Å²) in [5.41, 5.74) is 7.00. The van der Waals surface area contributed by atoms with Gasteiger partial charge in [-0.15, -0.1) is 0 Å². The average Bonchev–Trinajstić information content (AvgIpc) is 2.71. The zero-order valence-corrected chi connectivity index (χ0v) is 13.2. The van der Waals surface area contributed by atoms with Gasteiger partial charge in [0.1, 0.15) is 5.60 Å². The van der Waals surface area contributed by atoms with Crippen molar-refractivity contribution >= 4 is 6.09 Å². The molecule has 1 atom stereocenters. The van der Waals surface area contributed by atoms with E-state index < -0.39 is 11.7 Å². The Morgan fingerprint density at radius 3 is 2.45 bits per heavy atom. The zero-order valence-electron chi connectivity index (χ0n) is 13.2. The van der Waals surface area contributed by atoms with Crippen molar-refractivity contribution in [2.24, 2.45) is 5.73 Å². The molecule has 1 amide bonds. The normalized spacial score (nSPS) is 13.9. The monoisotopic (exact) mass is 282 g/mol. The number of hydrogen-bond acceptors (Lipinski definition) is 4. The summed E-state index contributed by atoms with van der Waals surface area (Å²) in [5.74, 6) is 0. The lowest BCUT2D eigenvalue weighted by Crippen LogP contribution is -2.38. The number of hydrogen-bond donors (Lipinski definition) is 3. The van der Waals surface area contributed by atoms with Gasteiger partial charge in [-0.25, -0.2) is 4.79 Å². The molecule has 0 aliphatic rings. The molecule has 1 aromatic rings. The van der Waals surface area contributed by atoms with Crippen molar-refractivity contribution in [3.8, 4) is 0 Å². The molecule has 4 N–H and O–H groups in total. The maximum Gasteiger partial charge on any atom is 0.408 e. The van der Waals surface area contributed by atoms with E-state index >= 15 is 0 Å². The Labute approximate surface area is 120 Å². The van der Waals surface area contributed by atoms with E-state index in [1.165, 1.54) is 0 Å². The highest BCUT2D eigenvalue weighted by molar-refractivity contribution is 5.68. The third-order valence-electron chi connectivity index (χ3n) is 2.72. The van der Waals surface area contributed by atoms with Crippen LogP contribution in [0.1, 0.15) is 58.8 Å². The number of aromatic amines is 1. The summed E-state index contributed by atoms with van der Waals surface area (Å²) in [6.45, 7) is 12.0. The lowest BCUT2D eigenvalue weighted by atomic mass is 9.87. The van der Waals surface area contributed by atoms with Crippen LogP contribution in [0.5, 0.6) is 0 Å². The van der Waals surface area contributed by atoms with E-state index in [2.05, 4.69) is 36.3 Å². The van der Waals surface area contributed by atoms with Crippen LogP contribution in [0.15, 0.2) is 6.20 Å². The summed E-state index contributed by atoms with van der Waals surface area (Å²) in [6, 6.07) is -0.321. The molecule has 1 heterocycles. The van der Waals surface area contributed by atoms with Gasteiger partial charge in [-0.05, 0) is 20.8 Å². The molecule has 0 radical (unpaired) electrons. The third-order valence-corrected chi connectivity index (χ3v) is 2.72. The number of ether oxygens (including phenoxy) is 1. The molecule has 0 saturated heterocycles. The first-order valence-electron chi connectivity index (χ1n) is 6.78. The zero-order chi connectivity index (χ0) is 15.6. The maximum absolute atomic E-state index is 11.9. The first-order chi connectivity index (χ1) is 9.04. The molecular weight excluding hydrogens is 256 g/mol. The van der Waals surface area contributed by atoms with Gasteiger partial charge >= 0.3 is 6.09 Å². The minimum absolute atomic E-state index is 0.102. The van der Waals surface area contributed by atoms with Crippen LogP contribution in [0.3, 0.4) is 0 Å². The van der Waals surface area contributed by atoms with Crippen LogP contribution in [0.2, 0.25) is 0 Å². The summed E-state index contributed by atoms with van der Waals surface area (Å²) in [7, 11) is 0. The molecular formula is C14H26N4O2. The standard InChI is InChI=1S/C14H26N4O2/c1-13(2,3)11-9(8-16-18-11)10(7-15)17-12(19)20-14(4,5)6/h8,10H,7,15H2,1-6H3,(H,16,18)(H,17,19). The van der Waals surface area contributed by atoms with Crippen molar-refractivity contribution in [2.45, 2.75) is 58.6 Å². The van der Waals surface area contributed by atoms with Gasteiger partial charge in [-0.2, -0.15) is 5.10 Å². The van der Waals surface area contributed by atoms with Crippen LogP contribution in [-0.2, 0) is 10.2 Å². The average molecular weight is 282 g/mol. The van der Waals surface area contributed by atoms with Gasteiger partial charge < -0.3 is 15.8 Å². The van der Waals surface area contributed by atoms with Gasteiger partial charge in [-0.1, -0.05) is 20.8 Å². The minimum Gasteiger partial charge on any atom is -0.444 e. The van der Waals surface area contributed by atoms with Gasteiger partial charge in [-0.3, -0.25) is 5.10 Å². The molecule has 6 nitrogen and oxygen atoms in total. The fourth-order valence-corrected chi connectivity index (χ4v) is 1.87. The maximum atomic E-state index is 11.9. The van der Waals surface area contributed by atoms with Crippen molar-refractivity contribution in [3.05, 3.63) is 17.5 Å². The Balaban J connectivity index is 2.88. The minimum atomic E-state index is -0.535. The van der Waals surface area contributed by atoms with Crippen molar-refractivity contribution < 1.29 is 9.53 Å². The van der Waals surface area contributed by atoms with Gasteiger partial charge in [0.05, 0.1) is 12.2 Å². The van der Waals surface area contributed by atoms with E-state index in [1.807, 2.05) is 20.8 Å². The predicted molar refractivity (Wildman–Crippen MR) is 78.5 cm³/mol. The first-order valence-corrected chi connectivity index (χ1v) is 6.78. The lowest BCUT2D eigenvalue weighted by Gasteiger charge is -2.25. The quantitative estimate of drug-likeness (QED) is 0.792. The topological polar surface area (TPSA) is 93.0 Å². The largest absolute Gasteiger partial charge is 0.444 e. The Morgan fingerprint density at radius 2 is 2.00 bits per heavy atom. The number of aromatic nitrogens is 2. The summed E-state index contributed by atoms with van der Waals surface area (Å²) in [5, 5.41) is 9.84. The molecule has 0 aromatic carbocycles. The summed E-state index contributed by atoms with van der Waals surface area (Å²) >= 11 is 0. The smallest absolute Gasteiger partial charge is 0.408 e. The fourth-order valence-electron chi connectivity index (χ4n) is 1.87. The molecule has 0 fully saturated rings. The summed E-state index contributed by atoms with van der Waals surface area (Å²) in [4.78, 5) is 11.9. The third kappa shape index (κ3) is 4.52. The van der Waals surface area contributed by atoms with Crippen molar-refractivity contribution in [2.75, 3.05) is 6.54 Å². The second-order valence-electron chi connectivity index (χ2n) is 6.88. The van der Waals surface area contributed by atoms with Gasteiger partial charge in [0, 0.05) is 23.2 Å². The number of H-pyrrole nitrogens is 1. The van der Waals surface area contributed by atoms with Crippen LogP contribution < -0.4 is 11.1 Å². The van der Waals surface area contributed by atoms with Crippen molar-refractivity contribution in [1.82, 2.24) is 15.5 Å². The van der Waals surface area contributed by atoms with Crippen molar-refractivity contribution in [3.63, 3.8) is 0 Å².